The van der Waals surface area contributed by atoms with Crippen molar-refractivity contribution in [2.75, 3.05) is 5.32 Å². The maximum Gasteiger partial charge on any atom is 0.245 e. The van der Waals surface area contributed by atoms with Crippen LogP contribution in [0.2, 0.25) is 0 Å². The van der Waals surface area contributed by atoms with Gasteiger partial charge in [-0.05, 0) is 19.3 Å². The average molecular weight is 275 g/mol. The first-order chi connectivity index (χ1) is 7.86. The van der Waals surface area contributed by atoms with Crippen LogP contribution in [-0.2, 0) is 4.79 Å². The van der Waals surface area contributed by atoms with E-state index in [1.807, 2.05) is 13.0 Å². The van der Waals surface area contributed by atoms with Crippen molar-refractivity contribution in [3.05, 3.63) is 11.8 Å². The molecule has 0 spiro atoms. The number of halogens is 1. The van der Waals surface area contributed by atoms with Crippen LogP contribution in [-0.4, -0.2) is 21.6 Å². The third kappa shape index (κ3) is 4.31. The molecule has 1 atom stereocenters. The topological polar surface area (TPSA) is 83.8 Å². The number of hydrogen-bond donors (Lipinski definition) is 3. The first-order valence-corrected chi connectivity index (χ1v) is 6.02. The van der Waals surface area contributed by atoms with Crippen LogP contribution in [0.3, 0.4) is 0 Å². The average Bonchev–Trinajstić information content (AvgIpc) is 2.66. The van der Waals surface area contributed by atoms with Gasteiger partial charge in [0.15, 0.2) is 5.82 Å². The lowest BCUT2D eigenvalue weighted by Crippen LogP contribution is -2.48. The number of H-pyrrole nitrogens is 1. The minimum atomic E-state index is -0.842. The third-order valence-corrected chi connectivity index (χ3v) is 2.75. The van der Waals surface area contributed by atoms with E-state index in [2.05, 4.69) is 29.4 Å². The smallest absolute Gasteiger partial charge is 0.245 e. The van der Waals surface area contributed by atoms with E-state index in [0.29, 0.717) is 18.2 Å². The van der Waals surface area contributed by atoms with E-state index in [0.717, 1.165) is 12.1 Å². The molecule has 0 aliphatic carbocycles. The Kier molecular flexibility index (Phi) is 6.35. The Morgan fingerprint density at radius 3 is 2.67 bits per heavy atom. The minimum Gasteiger partial charge on any atom is -0.318 e. The van der Waals surface area contributed by atoms with Crippen molar-refractivity contribution in [2.24, 2.45) is 5.73 Å². The quantitative estimate of drug-likeness (QED) is 0.771. The van der Waals surface area contributed by atoms with Crippen LogP contribution in [0.25, 0.3) is 0 Å². The van der Waals surface area contributed by atoms with Crippen molar-refractivity contribution in [1.29, 1.82) is 0 Å². The molecule has 1 amide bonds. The van der Waals surface area contributed by atoms with E-state index in [4.69, 9.17) is 5.73 Å². The first kappa shape index (κ1) is 16.9. The molecule has 1 rings (SSSR count). The molecule has 5 nitrogen and oxygen atoms in total. The first-order valence-electron chi connectivity index (χ1n) is 6.02. The van der Waals surface area contributed by atoms with Crippen molar-refractivity contribution >= 4 is 24.1 Å². The van der Waals surface area contributed by atoms with Gasteiger partial charge in [0.2, 0.25) is 5.91 Å². The summed E-state index contributed by atoms with van der Waals surface area (Å²) < 4.78 is 0. The molecule has 104 valence electrons. The van der Waals surface area contributed by atoms with Crippen LogP contribution in [0.15, 0.2) is 6.07 Å². The molecule has 0 bridgehead atoms. The summed E-state index contributed by atoms with van der Waals surface area (Å²) in [6.45, 7) is 7.86. The Hall–Kier alpha value is -1.07. The molecule has 4 N–H and O–H groups in total. The number of nitrogens with two attached hydrogens (primary N) is 1. The number of nitrogens with one attached hydrogen (secondary N) is 2. The summed E-state index contributed by atoms with van der Waals surface area (Å²) in [7, 11) is 0. The molecule has 1 aromatic rings. The number of carbonyl (C=O) groups is 1. The second-order valence-electron chi connectivity index (χ2n) is 4.98. The molecule has 1 aromatic heterocycles. The van der Waals surface area contributed by atoms with Gasteiger partial charge < -0.3 is 11.1 Å². The number of rotatable bonds is 5. The van der Waals surface area contributed by atoms with Gasteiger partial charge in [-0.25, -0.2) is 0 Å². The zero-order valence-electron chi connectivity index (χ0n) is 11.4. The third-order valence-electron chi connectivity index (χ3n) is 2.75. The summed E-state index contributed by atoms with van der Waals surface area (Å²) in [6, 6.07) is 1.84. The number of amides is 1. The summed E-state index contributed by atoms with van der Waals surface area (Å²) in [6.07, 6.45) is 1.53. The maximum absolute atomic E-state index is 11.9. The van der Waals surface area contributed by atoms with Crippen molar-refractivity contribution in [3.63, 3.8) is 0 Å². The van der Waals surface area contributed by atoms with Crippen LogP contribution in [0, 0.1) is 0 Å². The normalized spacial score (nSPS) is 13.9. The molecule has 1 heterocycles. The van der Waals surface area contributed by atoms with Gasteiger partial charge in [-0.15, -0.1) is 12.4 Å². The van der Waals surface area contributed by atoms with Gasteiger partial charge in [0.05, 0.1) is 5.54 Å². The Labute approximate surface area is 114 Å². The van der Waals surface area contributed by atoms with E-state index in [-0.39, 0.29) is 18.3 Å². The SMILES string of the molecule is CCCC(C)(N)C(=O)Nc1cc(C(C)C)[nH]n1.Cl. The van der Waals surface area contributed by atoms with Gasteiger partial charge in [0.1, 0.15) is 0 Å². The number of carbonyl (C=O) groups excluding carboxylic acids is 1. The number of anilines is 1. The molecule has 0 aromatic carbocycles. The molecule has 18 heavy (non-hydrogen) atoms. The molecular formula is C12H23ClN4O. The van der Waals surface area contributed by atoms with E-state index in [1.54, 1.807) is 6.92 Å². The zero-order chi connectivity index (χ0) is 13.1. The Bertz CT molecular complexity index is 387. The van der Waals surface area contributed by atoms with Crippen LogP contribution in [0.5, 0.6) is 0 Å². The molecule has 0 saturated heterocycles. The number of aromatic nitrogens is 2. The van der Waals surface area contributed by atoms with Crippen LogP contribution < -0.4 is 11.1 Å². The van der Waals surface area contributed by atoms with Crippen molar-refractivity contribution in [2.45, 2.75) is 52.0 Å². The van der Waals surface area contributed by atoms with Gasteiger partial charge in [-0.1, -0.05) is 27.2 Å². The summed E-state index contributed by atoms with van der Waals surface area (Å²) in [5.74, 6) is 0.695. The lowest BCUT2D eigenvalue weighted by atomic mass is 9.96. The van der Waals surface area contributed by atoms with Crippen LogP contribution >= 0.6 is 12.4 Å². The van der Waals surface area contributed by atoms with Gasteiger partial charge >= 0.3 is 0 Å². The number of aromatic amines is 1. The fraction of sp³-hybridized carbons (Fsp3) is 0.667. The Morgan fingerprint density at radius 2 is 2.22 bits per heavy atom. The largest absolute Gasteiger partial charge is 0.318 e. The summed E-state index contributed by atoms with van der Waals surface area (Å²) in [5.41, 5.74) is 6.09. The van der Waals surface area contributed by atoms with E-state index in [1.165, 1.54) is 0 Å². The fourth-order valence-corrected chi connectivity index (χ4v) is 1.59. The van der Waals surface area contributed by atoms with Crippen molar-refractivity contribution < 1.29 is 4.79 Å². The lowest BCUT2D eigenvalue weighted by Gasteiger charge is -2.21. The predicted molar refractivity (Wildman–Crippen MR) is 76.1 cm³/mol. The van der Waals surface area contributed by atoms with Gasteiger partial charge in [-0.2, -0.15) is 5.10 Å². The molecule has 0 aliphatic heterocycles. The summed E-state index contributed by atoms with van der Waals surface area (Å²) >= 11 is 0. The molecular weight excluding hydrogens is 252 g/mol. The second kappa shape index (κ2) is 6.75. The second-order valence-corrected chi connectivity index (χ2v) is 4.98. The molecule has 0 aliphatic rings. The molecule has 1 unspecified atom stereocenters. The number of nitrogens with zero attached hydrogens (tertiary/aromatic N) is 1. The van der Waals surface area contributed by atoms with E-state index >= 15 is 0 Å². The van der Waals surface area contributed by atoms with Crippen molar-refractivity contribution in [1.82, 2.24) is 10.2 Å². The Morgan fingerprint density at radius 1 is 1.61 bits per heavy atom. The highest BCUT2D eigenvalue weighted by atomic mass is 35.5. The zero-order valence-corrected chi connectivity index (χ0v) is 12.2. The Balaban J connectivity index is 0.00000289. The highest BCUT2D eigenvalue weighted by molar-refractivity contribution is 5.96. The summed E-state index contributed by atoms with van der Waals surface area (Å²) in [5, 5.41) is 9.66. The molecule has 0 saturated carbocycles. The van der Waals surface area contributed by atoms with Crippen LogP contribution in [0.4, 0.5) is 5.82 Å². The van der Waals surface area contributed by atoms with E-state index in [9.17, 15) is 4.79 Å². The lowest BCUT2D eigenvalue weighted by molar-refractivity contribution is -0.120. The fourth-order valence-electron chi connectivity index (χ4n) is 1.59. The van der Waals surface area contributed by atoms with Crippen LogP contribution in [0.1, 0.15) is 52.1 Å². The van der Waals surface area contributed by atoms with Gasteiger partial charge in [0.25, 0.3) is 0 Å². The minimum absolute atomic E-state index is 0. The summed E-state index contributed by atoms with van der Waals surface area (Å²) in [4.78, 5) is 11.9. The van der Waals surface area contributed by atoms with Gasteiger partial charge in [0, 0.05) is 11.8 Å². The highest BCUT2D eigenvalue weighted by Gasteiger charge is 2.27. The standard InChI is InChI=1S/C12H22N4O.ClH/c1-5-6-12(4,13)11(17)14-10-7-9(8(2)3)15-16-10;/h7-8H,5-6,13H2,1-4H3,(H2,14,15,16,17);1H. The highest BCUT2D eigenvalue weighted by Crippen LogP contribution is 2.16. The van der Waals surface area contributed by atoms with Gasteiger partial charge in [-0.3, -0.25) is 9.89 Å². The molecule has 0 fully saturated rings. The number of hydrogen-bond acceptors (Lipinski definition) is 3. The predicted octanol–water partition coefficient (Wildman–Crippen LogP) is 2.41. The molecule has 0 radical (unpaired) electrons. The van der Waals surface area contributed by atoms with E-state index < -0.39 is 5.54 Å². The molecule has 6 heteroatoms. The maximum atomic E-state index is 11.9. The monoisotopic (exact) mass is 274 g/mol. The van der Waals surface area contributed by atoms with Crippen molar-refractivity contribution in [3.8, 4) is 0 Å².